The van der Waals surface area contributed by atoms with Crippen molar-refractivity contribution in [3.63, 3.8) is 0 Å². The average Bonchev–Trinajstić information content (AvgIpc) is 2.71. The molecule has 2 aliphatic heterocycles. The maximum absolute atomic E-state index is 11.9. The summed E-state index contributed by atoms with van der Waals surface area (Å²) in [6, 6.07) is 0. The number of hydrogen-bond donors (Lipinski definition) is 2. The minimum atomic E-state index is 0.122. The molecule has 0 aromatic rings. The predicted octanol–water partition coefficient (Wildman–Crippen LogP) is 0.364. The second-order valence-electron chi connectivity index (χ2n) is 5.09. The van der Waals surface area contributed by atoms with Crippen molar-refractivity contribution < 1.29 is 4.79 Å². The van der Waals surface area contributed by atoms with Gasteiger partial charge in [-0.15, -0.1) is 0 Å². The van der Waals surface area contributed by atoms with E-state index in [9.17, 15) is 4.79 Å². The summed E-state index contributed by atoms with van der Waals surface area (Å²) >= 11 is 0. The summed E-state index contributed by atoms with van der Waals surface area (Å²) in [5.41, 5.74) is 2.17. The van der Waals surface area contributed by atoms with Gasteiger partial charge in [0.1, 0.15) is 0 Å². The topological polar surface area (TPSA) is 44.4 Å². The molecule has 2 rings (SSSR count). The highest BCUT2D eigenvalue weighted by molar-refractivity contribution is 5.93. The average molecular weight is 237 g/mol. The van der Waals surface area contributed by atoms with Crippen molar-refractivity contribution in [3.05, 3.63) is 11.1 Å². The van der Waals surface area contributed by atoms with Crippen molar-refractivity contribution in [2.24, 2.45) is 5.92 Å². The second-order valence-corrected chi connectivity index (χ2v) is 5.09. The molecule has 2 saturated heterocycles. The molecule has 0 aromatic heterocycles. The summed E-state index contributed by atoms with van der Waals surface area (Å²) in [6.07, 6.45) is 1.21. The molecule has 2 aliphatic rings. The van der Waals surface area contributed by atoms with Crippen LogP contribution >= 0.6 is 0 Å². The molecule has 2 heterocycles. The Bertz CT molecular complexity index is 319. The van der Waals surface area contributed by atoms with Crippen LogP contribution in [0.5, 0.6) is 0 Å². The zero-order chi connectivity index (χ0) is 12.3. The fourth-order valence-electron chi connectivity index (χ4n) is 2.41. The minimum absolute atomic E-state index is 0.122. The van der Waals surface area contributed by atoms with Crippen LogP contribution in [0, 0.1) is 5.92 Å². The van der Waals surface area contributed by atoms with Crippen LogP contribution in [0.2, 0.25) is 0 Å². The highest BCUT2D eigenvalue weighted by Gasteiger charge is 2.22. The van der Waals surface area contributed by atoms with Gasteiger partial charge in [0.25, 0.3) is 0 Å². The molecule has 0 saturated carbocycles. The summed E-state index contributed by atoms with van der Waals surface area (Å²) in [4.78, 5) is 14.3. The van der Waals surface area contributed by atoms with Crippen molar-refractivity contribution >= 4 is 5.91 Å². The smallest absolute Gasteiger partial charge is 0.246 e. The molecule has 0 aromatic carbocycles. The van der Waals surface area contributed by atoms with Gasteiger partial charge < -0.3 is 15.5 Å². The molecule has 4 heteroatoms. The van der Waals surface area contributed by atoms with Crippen molar-refractivity contribution in [2.75, 3.05) is 39.3 Å². The maximum atomic E-state index is 11.9. The molecule has 1 atom stereocenters. The number of carbonyl (C=O) groups is 1. The monoisotopic (exact) mass is 237 g/mol. The van der Waals surface area contributed by atoms with Crippen LogP contribution in [0.15, 0.2) is 11.1 Å². The molecule has 0 spiro atoms. The van der Waals surface area contributed by atoms with E-state index in [-0.39, 0.29) is 5.91 Å². The van der Waals surface area contributed by atoms with Gasteiger partial charge in [-0.2, -0.15) is 0 Å². The molecule has 1 amide bonds. The van der Waals surface area contributed by atoms with Gasteiger partial charge in [0.2, 0.25) is 5.91 Å². The van der Waals surface area contributed by atoms with E-state index in [0.717, 1.165) is 38.3 Å². The minimum Gasteiger partial charge on any atom is -0.352 e. The Hall–Kier alpha value is -0.870. The molecule has 2 N–H and O–H groups in total. The Balaban J connectivity index is 1.73. The first kappa shape index (κ1) is 12.6. The largest absolute Gasteiger partial charge is 0.352 e. The predicted molar refractivity (Wildman–Crippen MR) is 68.8 cm³/mol. The molecule has 17 heavy (non-hydrogen) atoms. The van der Waals surface area contributed by atoms with Crippen LogP contribution in [-0.4, -0.2) is 50.1 Å². The van der Waals surface area contributed by atoms with E-state index in [1.807, 2.05) is 6.92 Å². The van der Waals surface area contributed by atoms with E-state index < -0.39 is 0 Å². The van der Waals surface area contributed by atoms with Crippen LogP contribution in [0.25, 0.3) is 0 Å². The quantitative estimate of drug-likeness (QED) is 0.694. The standard InChI is InChI=1S/C13H23N3O/c1-3-16-5-4-11(9-16)6-15-13(17)10(2)12-7-14-8-12/h11,14H,3-9H2,1-2H3,(H,15,17). The van der Waals surface area contributed by atoms with Crippen LogP contribution < -0.4 is 10.6 Å². The van der Waals surface area contributed by atoms with Gasteiger partial charge in [0.05, 0.1) is 0 Å². The second kappa shape index (κ2) is 5.65. The highest BCUT2D eigenvalue weighted by atomic mass is 16.1. The number of carbonyl (C=O) groups excluding carboxylic acids is 1. The molecular formula is C13H23N3O. The first-order valence-electron chi connectivity index (χ1n) is 6.60. The fraction of sp³-hybridized carbons (Fsp3) is 0.769. The van der Waals surface area contributed by atoms with Crippen LogP contribution in [0.4, 0.5) is 0 Å². The Morgan fingerprint density at radius 3 is 2.82 bits per heavy atom. The lowest BCUT2D eigenvalue weighted by Crippen LogP contribution is -2.38. The zero-order valence-electron chi connectivity index (χ0n) is 10.9. The lowest BCUT2D eigenvalue weighted by molar-refractivity contribution is -0.117. The van der Waals surface area contributed by atoms with Gasteiger partial charge in [-0.25, -0.2) is 0 Å². The Morgan fingerprint density at radius 2 is 2.29 bits per heavy atom. The maximum Gasteiger partial charge on any atom is 0.246 e. The lowest BCUT2D eigenvalue weighted by Gasteiger charge is -2.22. The Morgan fingerprint density at radius 1 is 1.53 bits per heavy atom. The fourth-order valence-corrected chi connectivity index (χ4v) is 2.41. The van der Waals surface area contributed by atoms with E-state index >= 15 is 0 Å². The van der Waals surface area contributed by atoms with Crippen LogP contribution in [0.3, 0.4) is 0 Å². The molecule has 0 bridgehead atoms. The van der Waals surface area contributed by atoms with E-state index in [0.29, 0.717) is 5.92 Å². The molecule has 0 aliphatic carbocycles. The molecule has 0 radical (unpaired) electrons. The summed E-state index contributed by atoms with van der Waals surface area (Å²) in [5, 5.41) is 6.23. The molecular weight excluding hydrogens is 214 g/mol. The van der Waals surface area contributed by atoms with Gasteiger partial charge in [-0.05, 0) is 37.9 Å². The third-order valence-electron chi connectivity index (χ3n) is 3.92. The zero-order valence-corrected chi connectivity index (χ0v) is 10.9. The van der Waals surface area contributed by atoms with Crippen molar-refractivity contribution in [1.82, 2.24) is 15.5 Å². The highest BCUT2D eigenvalue weighted by Crippen LogP contribution is 2.15. The number of nitrogens with one attached hydrogen (secondary N) is 2. The summed E-state index contributed by atoms with van der Waals surface area (Å²) in [7, 11) is 0. The van der Waals surface area contributed by atoms with E-state index in [1.54, 1.807) is 0 Å². The molecule has 1 unspecified atom stereocenters. The normalized spacial score (nSPS) is 24.6. The summed E-state index contributed by atoms with van der Waals surface area (Å²) in [5.74, 6) is 0.757. The van der Waals surface area contributed by atoms with Crippen molar-refractivity contribution in [1.29, 1.82) is 0 Å². The third kappa shape index (κ3) is 3.07. The number of hydrogen-bond acceptors (Lipinski definition) is 3. The number of rotatable bonds is 4. The van der Waals surface area contributed by atoms with Crippen molar-refractivity contribution in [2.45, 2.75) is 20.3 Å². The van der Waals surface area contributed by atoms with E-state index in [1.165, 1.54) is 18.5 Å². The van der Waals surface area contributed by atoms with E-state index in [4.69, 9.17) is 0 Å². The van der Waals surface area contributed by atoms with Gasteiger partial charge in [0.15, 0.2) is 0 Å². The third-order valence-corrected chi connectivity index (χ3v) is 3.92. The van der Waals surface area contributed by atoms with Gasteiger partial charge in [0, 0.05) is 31.8 Å². The number of likely N-dealkylation sites (tertiary alicyclic amines) is 1. The van der Waals surface area contributed by atoms with Gasteiger partial charge in [-0.1, -0.05) is 6.92 Å². The van der Waals surface area contributed by atoms with E-state index in [2.05, 4.69) is 22.5 Å². The Kier molecular flexibility index (Phi) is 4.18. The number of amides is 1. The summed E-state index contributed by atoms with van der Waals surface area (Å²) in [6.45, 7) is 10.2. The molecule has 4 nitrogen and oxygen atoms in total. The number of nitrogens with zero attached hydrogens (tertiary/aromatic N) is 1. The summed E-state index contributed by atoms with van der Waals surface area (Å²) < 4.78 is 0. The lowest BCUT2D eigenvalue weighted by atomic mass is 10.0. The molecule has 96 valence electrons. The SMILES string of the molecule is CCN1CCC(CNC(=O)C(C)=C2CNC2)C1. The van der Waals surface area contributed by atoms with Crippen LogP contribution in [0.1, 0.15) is 20.3 Å². The van der Waals surface area contributed by atoms with Crippen LogP contribution in [-0.2, 0) is 4.79 Å². The van der Waals surface area contributed by atoms with Gasteiger partial charge >= 0.3 is 0 Å². The first-order chi connectivity index (χ1) is 8.20. The van der Waals surface area contributed by atoms with Gasteiger partial charge in [-0.3, -0.25) is 4.79 Å². The first-order valence-corrected chi connectivity index (χ1v) is 6.60. The Labute approximate surface area is 103 Å². The molecule has 2 fully saturated rings. The van der Waals surface area contributed by atoms with Crippen molar-refractivity contribution in [3.8, 4) is 0 Å².